The number of thiophene rings is 1. The van der Waals surface area contributed by atoms with E-state index in [9.17, 15) is 14.4 Å². The summed E-state index contributed by atoms with van der Waals surface area (Å²) in [6, 6.07) is 5.78. The Bertz CT molecular complexity index is 1050. The summed E-state index contributed by atoms with van der Waals surface area (Å²) in [5.41, 5.74) is 3.88. The number of fused-ring (bicyclic) bond motifs is 3. The summed E-state index contributed by atoms with van der Waals surface area (Å²) in [6.45, 7) is 5.05. The molecule has 0 bridgehead atoms. The molecule has 2 aromatic rings. The molecule has 158 valence electrons. The number of aryl methyl sites for hydroxylation is 2. The highest BCUT2D eigenvalue weighted by Gasteiger charge is 2.36. The molecule has 0 N–H and O–H groups in total. The van der Waals surface area contributed by atoms with Crippen LogP contribution in [0.1, 0.15) is 31.9 Å². The second-order valence-electron chi connectivity index (χ2n) is 7.90. The quantitative estimate of drug-likeness (QED) is 0.754. The Morgan fingerprint density at radius 2 is 1.90 bits per heavy atom. The molecular formula is C22H25N3O4S. The van der Waals surface area contributed by atoms with E-state index in [1.54, 1.807) is 23.9 Å². The van der Waals surface area contributed by atoms with Gasteiger partial charge in [-0.25, -0.2) is 0 Å². The minimum absolute atomic E-state index is 0.0248. The summed E-state index contributed by atoms with van der Waals surface area (Å²) in [5.74, 6) is 0.354. The van der Waals surface area contributed by atoms with E-state index in [-0.39, 0.29) is 30.9 Å². The van der Waals surface area contributed by atoms with Gasteiger partial charge in [-0.1, -0.05) is 6.07 Å². The lowest BCUT2D eigenvalue weighted by Gasteiger charge is -2.27. The molecule has 0 unspecified atom stereocenters. The minimum Gasteiger partial charge on any atom is -0.484 e. The Balaban J connectivity index is 1.50. The molecule has 7 nitrogen and oxygen atoms in total. The number of hydrogen-bond acceptors (Lipinski definition) is 5. The van der Waals surface area contributed by atoms with Crippen molar-refractivity contribution in [2.45, 2.75) is 26.8 Å². The van der Waals surface area contributed by atoms with Crippen molar-refractivity contribution < 1.29 is 19.1 Å². The minimum atomic E-state index is -0.127. The van der Waals surface area contributed by atoms with Gasteiger partial charge in [-0.3, -0.25) is 14.4 Å². The average molecular weight is 428 g/mol. The number of rotatable bonds is 3. The lowest BCUT2D eigenvalue weighted by atomic mass is 10.0. The van der Waals surface area contributed by atoms with Crippen LogP contribution in [0, 0.1) is 13.8 Å². The van der Waals surface area contributed by atoms with E-state index in [4.69, 9.17) is 4.74 Å². The number of benzene rings is 1. The van der Waals surface area contributed by atoms with Gasteiger partial charge in [0.2, 0.25) is 5.91 Å². The van der Waals surface area contributed by atoms with Crippen molar-refractivity contribution in [3.63, 3.8) is 0 Å². The van der Waals surface area contributed by atoms with Gasteiger partial charge in [-0.15, -0.1) is 11.3 Å². The van der Waals surface area contributed by atoms with E-state index in [1.165, 1.54) is 21.8 Å². The van der Waals surface area contributed by atoms with E-state index in [1.807, 2.05) is 32.0 Å². The van der Waals surface area contributed by atoms with Gasteiger partial charge in [-0.05, 0) is 49.1 Å². The normalized spacial score (nSPS) is 16.3. The van der Waals surface area contributed by atoms with Crippen molar-refractivity contribution in [3.05, 3.63) is 45.3 Å². The van der Waals surface area contributed by atoms with Crippen LogP contribution < -0.4 is 9.64 Å². The van der Waals surface area contributed by atoms with Crippen molar-refractivity contribution >= 4 is 34.1 Å². The van der Waals surface area contributed by atoms with Gasteiger partial charge >= 0.3 is 0 Å². The first-order valence-electron chi connectivity index (χ1n) is 9.90. The van der Waals surface area contributed by atoms with Gasteiger partial charge in [0.05, 0.1) is 12.1 Å². The lowest BCUT2D eigenvalue weighted by Crippen LogP contribution is -2.39. The molecule has 0 saturated carbocycles. The molecule has 3 heterocycles. The molecule has 4 rings (SSSR count). The maximum absolute atomic E-state index is 12.8. The third kappa shape index (κ3) is 3.56. The number of likely N-dealkylation sites (N-methyl/N-ethyl adjacent to an activating group) is 2. The summed E-state index contributed by atoms with van der Waals surface area (Å²) in [4.78, 5) is 43.7. The smallest absolute Gasteiger partial charge is 0.260 e. The third-order valence-electron chi connectivity index (χ3n) is 5.84. The number of ether oxygens (including phenoxy) is 1. The number of carbonyl (C=O) groups excluding carboxylic acids is 3. The summed E-state index contributed by atoms with van der Waals surface area (Å²) in [5, 5.41) is 0.681. The topological polar surface area (TPSA) is 70.2 Å². The zero-order chi connectivity index (χ0) is 21.6. The first kappa shape index (κ1) is 20.4. The van der Waals surface area contributed by atoms with Gasteiger partial charge in [0.1, 0.15) is 17.3 Å². The van der Waals surface area contributed by atoms with Gasteiger partial charge in [0, 0.05) is 25.5 Å². The molecule has 1 aromatic carbocycles. The van der Waals surface area contributed by atoms with Crippen LogP contribution in [0.5, 0.6) is 5.75 Å². The average Bonchev–Trinajstić information content (AvgIpc) is 3.08. The molecule has 0 spiro atoms. The molecule has 0 saturated heterocycles. The highest BCUT2D eigenvalue weighted by atomic mass is 32.1. The maximum Gasteiger partial charge on any atom is 0.260 e. The summed E-state index contributed by atoms with van der Waals surface area (Å²) in [7, 11) is 3.35. The Hall–Kier alpha value is -2.87. The maximum atomic E-state index is 12.8. The van der Waals surface area contributed by atoms with Crippen molar-refractivity contribution in [1.29, 1.82) is 0 Å². The van der Waals surface area contributed by atoms with Crippen LogP contribution in [0.4, 0.5) is 5.00 Å². The standard InChI is InChI=1S/C22H25N3O4S/c1-13-5-6-15(9-14(13)2)29-12-19(27)25-8-7-16-17(10-25)30-22-20(16)21(28)23(3)11-18(26)24(22)4/h5-6,9H,7-8,10-12H2,1-4H3. The fourth-order valence-corrected chi connectivity index (χ4v) is 5.12. The second-order valence-corrected chi connectivity index (χ2v) is 8.98. The van der Waals surface area contributed by atoms with Crippen molar-refractivity contribution in [2.24, 2.45) is 0 Å². The fourth-order valence-electron chi connectivity index (χ4n) is 3.78. The third-order valence-corrected chi connectivity index (χ3v) is 7.14. The monoisotopic (exact) mass is 427 g/mol. The van der Waals surface area contributed by atoms with Gasteiger partial charge in [0.25, 0.3) is 11.8 Å². The molecule has 0 aliphatic carbocycles. The van der Waals surface area contributed by atoms with E-state index in [0.717, 1.165) is 16.0 Å². The summed E-state index contributed by atoms with van der Waals surface area (Å²) >= 11 is 1.43. The summed E-state index contributed by atoms with van der Waals surface area (Å²) < 4.78 is 5.70. The largest absolute Gasteiger partial charge is 0.484 e. The van der Waals surface area contributed by atoms with Crippen LogP contribution in [-0.2, 0) is 22.6 Å². The van der Waals surface area contributed by atoms with Crippen LogP contribution >= 0.6 is 11.3 Å². The van der Waals surface area contributed by atoms with Crippen LogP contribution in [0.15, 0.2) is 18.2 Å². The Kier molecular flexibility index (Phi) is 5.27. The highest BCUT2D eigenvalue weighted by molar-refractivity contribution is 7.17. The number of carbonyl (C=O) groups is 3. The molecule has 8 heteroatoms. The van der Waals surface area contributed by atoms with Crippen molar-refractivity contribution in [1.82, 2.24) is 9.80 Å². The van der Waals surface area contributed by atoms with Crippen LogP contribution in [-0.4, -0.2) is 61.3 Å². The zero-order valence-corrected chi connectivity index (χ0v) is 18.5. The number of nitrogens with zero attached hydrogens (tertiary/aromatic N) is 3. The first-order valence-corrected chi connectivity index (χ1v) is 10.7. The molecular weight excluding hydrogens is 402 g/mol. The molecule has 1 aromatic heterocycles. The Morgan fingerprint density at radius 1 is 1.13 bits per heavy atom. The number of amides is 3. The van der Waals surface area contributed by atoms with Gasteiger partial charge in [-0.2, -0.15) is 0 Å². The molecule has 0 atom stereocenters. The van der Waals surface area contributed by atoms with E-state index in [2.05, 4.69) is 0 Å². The lowest BCUT2D eigenvalue weighted by molar-refractivity contribution is -0.134. The molecule has 3 amide bonds. The molecule has 2 aliphatic heterocycles. The SMILES string of the molecule is Cc1ccc(OCC(=O)N2CCc3c(sc4c3C(=O)N(C)CC(=O)N4C)C2)cc1C. The number of hydrogen-bond donors (Lipinski definition) is 0. The zero-order valence-electron chi connectivity index (χ0n) is 17.7. The van der Waals surface area contributed by atoms with Gasteiger partial charge in [0.15, 0.2) is 6.61 Å². The second kappa shape index (κ2) is 7.75. The Morgan fingerprint density at radius 3 is 2.63 bits per heavy atom. The van der Waals surface area contributed by atoms with E-state index < -0.39 is 0 Å². The van der Waals surface area contributed by atoms with Crippen LogP contribution in [0.2, 0.25) is 0 Å². The van der Waals surface area contributed by atoms with Crippen molar-refractivity contribution in [2.75, 3.05) is 38.7 Å². The van der Waals surface area contributed by atoms with Crippen LogP contribution in [0.25, 0.3) is 0 Å². The predicted octanol–water partition coefficient (Wildman–Crippen LogP) is 2.38. The van der Waals surface area contributed by atoms with E-state index in [0.29, 0.717) is 35.8 Å². The van der Waals surface area contributed by atoms with Gasteiger partial charge < -0.3 is 19.4 Å². The molecule has 0 fully saturated rings. The highest BCUT2D eigenvalue weighted by Crippen LogP contribution is 2.40. The first-order chi connectivity index (χ1) is 14.3. The molecule has 2 aliphatic rings. The molecule has 0 radical (unpaired) electrons. The van der Waals surface area contributed by atoms with Crippen molar-refractivity contribution in [3.8, 4) is 5.75 Å². The van der Waals surface area contributed by atoms with E-state index >= 15 is 0 Å². The fraction of sp³-hybridized carbons (Fsp3) is 0.409. The number of anilines is 1. The Labute approximate surface area is 179 Å². The summed E-state index contributed by atoms with van der Waals surface area (Å²) in [6.07, 6.45) is 0.595. The van der Waals surface area contributed by atoms with Crippen LogP contribution in [0.3, 0.4) is 0 Å². The predicted molar refractivity (Wildman–Crippen MR) is 115 cm³/mol. The molecule has 30 heavy (non-hydrogen) atoms.